The van der Waals surface area contributed by atoms with Crippen LogP contribution >= 0.6 is 0 Å². The molecule has 1 amide bonds. The van der Waals surface area contributed by atoms with E-state index in [-0.39, 0.29) is 17.6 Å². The van der Waals surface area contributed by atoms with E-state index in [0.717, 1.165) is 65.0 Å². The van der Waals surface area contributed by atoms with Crippen LogP contribution in [0, 0.1) is 0 Å². The number of aromatic nitrogens is 2. The first-order valence-electron chi connectivity index (χ1n) is 10.6. The molecule has 2 N–H and O–H groups in total. The first-order valence-corrected chi connectivity index (χ1v) is 10.6. The molecule has 2 atom stereocenters. The standard InChI is InChI=1S/C18H28N4O3.C2HF3O2/c1-21-12-14(11-19-21)17(23)20-15-2-9-25-18(10-15)5-6-22(13-18)16-3-7-24-8-4-16;3-2(4,5)1(6)7/h11-12,15-16H,2-10,13H2,1H3,(H,20,23);(H,6,7)/t15-,18+;/m0./s1. The Bertz CT molecular complexity index is 796. The van der Waals surface area contributed by atoms with Crippen LogP contribution in [0.1, 0.15) is 42.5 Å². The van der Waals surface area contributed by atoms with Crippen LogP contribution in [-0.4, -0.2) is 88.4 Å². The zero-order valence-corrected chi connectivity index (χ0v) is 17.9. The molecular weight excluding hydrogens is 433 g/mol. The monoisotopic (exact) mass is 462 g/mol. The number of carbonyl (C=O) groups excluding carboxylic acids is 1. The minimum atomic E-state index is -5.08. The maximum Gasteiger partial charge on any atom is 0.490 e. The van der Waals surface area contributed by atoms with Gasteiger partial charge in [0.2, 0.25) is 0 Å². The van der Waals surface area contributed by atoms with Crippen molar-refractivity contribution < 1.29 is 37.3 Å². The topological polar surface area (TPSA) is 106 Å². The molecule has 0 saturated carbocycles. The molecule has 3 aliphatic rings. The minimum absolute atomic E-state index is 0.0329. The number of nitrogens with zero attached hydrogens (tertiary/aromatic N) is 3. The van der Waals surface area contributed by atoms with Crippen LogP contribution in [0.4, 0.5) is 13.2 Å². The predicted molar refractivity (Wildman–Crippen MR) is 106 cm³/mol. The maximum absolute atomic E-state index is 12.4. The summed E-state index contributed by atoms with van der Waals surface area (Å²) in [7, 11) is 1.82. The van der Waals surface area contributed by atoms with Crippen molar-refractivity contribution in [1.82, 2.24) is 20.0 Å². The maximum atomic E-state index is 12.4. The molecule has 4 rings (SSSR count). The number of carboxylic acid groups (broad SMARTS) is 1. The number of alkyl halides is 3. The summed E-state index contributed by atoms with van der Waals surface area (Å²) < 4.78 is 45.1. The Hall–Kier alpha value is -2.18. The lowest BCUT2D eigenvalue weighted by Gasteiger charge is -2.39. The van der Waals surface area contributed by atoms with E-state index in [9.17, 15) is 18.0 Å². The van der Waals surface area contributed by atoms with Crippen molar-refractivity contribution in [2.45, 2.75) is 56.0 Å². The van der Waals surface area contributed by atoms with Gasteiger partial charge in [-0.25, -0.2) is 4.79 Å². The Balaban J connectivity index is 0.000000360. The number of hydrogen-bond acceptors (Lipinski definition) is 6. The minimum Gasteiger partial charge on any atom is -0.475 e. The molecule has 0 unspecified atom stereocenters. The van der Waals surface area contributed by atoms with Crippen molar-refractivity contribution >= 4 is 11.9 Å². The van der Waals surface area contributed by atoms with E-state index in [1.54, 1.807) is 17.1 Å². The molecule has 32 heavy (non-hydrogen) atoms. The first kappa shape index (κ1) is 24.5. The average Bonchev–Trinajstić information content (AvgIpc) is 3.35. The second-order valence-corrected chi connectivity index (χ2v) is 8.46. The fourth-order valence-electron chi connectivity index (χ4n) is 4.48. The number of hydrogen-bond donors (Lipinski definition) is 2. The number of halogens is 3. The number of carboxylic acids is 1. The summed E-state index contributed by atoms with van der Waals surface area (Å²) in [5.74, 6) is -2.79. The molecule has 0 radical (unpaired) electrons. The summed E-state index contributed by atoms with van der Waals surface area (Å²) in [6.45, 7) is 4.54. The molecule has 0 aliphatic carbocycles. The Labute approximate surface area is 183 Å². The largest absolute Gasteiger partial charge is 0.490 e. The summed E-state index contributed by atoms with van der Waals surface area (Å²) in [6, 6.07) is 0.804. The van der Waals surface area contributed by atoms with E-state index in [2.05, 4.69) is 15.3 Å². The second kappa shape index (κ2) is 10.2. The van der Waals surface area contributed by atoms with Crippen molar-refractivity contribution in [2.24, 2.45) is 7.05 Å². The molecule has 0 aromatic carbocycles. The normalized spacial score (nSPS) is 27.1. The van der Waals surface area contributed by atoms with E-state index in [1.165, 1.54) is 0 Å². The highest BCUT2D eigenvalue weighted by molar-refractivity contribution is 5.93. The molecule has 4 heterocycles. The fraction of sp³-hybridized carbons (Fsp3) is 0.750. The van der Waals surface area contributed by atoms with Crippen molar-refractivity contribution in [3.05, 3.63) is 18.0 Å². The number of ether oxygens (including phenoxy) is 2. The van der Waals surface area contributed by atoms with Gasteiger partial charge in [-0.3, -0.25) is 14.4 Å². The van der Waals surface area contributed by atoms with Gasteiger partial charge in [-0.2, -0.15) is 18.3 Å². The average molecular weight is 462 g/mol. The molecule has 1 aromatic rings. The molecule has 1 aromatic heterocycles. The molecule has 180 valence electrons. The summed E-state index contributed by atoms with van der Waals surface area (Å²) >= 11 is 0. The lowest BCUT2D eigenvalue weighted by molar-refractivity contribution is -0.192. The van der Waals surface area contributed by atoms with E-state index >= 15 is 0 Å². The van der Waals surface area contributed by atoms with Crippen LogP contribution in [0.3, 0.4) is 0 Å². The fourth-order valence-corrected chi connectivity index (χ4v) is 4.48. The van der Waals surface area contributed by atoms with Gasteiger partial charge in [0, 0.05) is 58.2 Å². The van der Waals surface area contributed by atoms with E-state index in [1.807, 2.05) is 7.05 Å². The summed E-state index contributed by atoms with van der Waals surface area (Å²) in [5, 5.41) is 14.4. The lowest BCUT2D eigenvalue weighted by atomic mass is 9.89. The molecule has 0 bridgehead atoms. The van der Waals surface area contributed by atoms with Crippen molar-refractivity contribution in [2.75, 3.05) is 32.9 Å². The smallest absolute Gasteiger partial charge is 0.475 e. The molecule has 3 fully saturated rings. The second-order valence-electron chi connectivity index (χ2n) is 8.46. The third-order valence-electron chi connectivity index (χ3n) is 6.09. The van der Waals surface area contributed by atoms with Gasteiger partial charge >= 0.3 is 12.1 Å². The van der Waals surface area contributed by atoms with Crippen LogP contribution in [-0.2, 0) is 21.3 Å². The van der Waals surface area contributed by atoms with Crippen LogP contribution in [0.2, 0.25) is 0 Å². The molecule has 9 nitrogen and oxygen atoms in total. The van der Waals surface area contributed by atoms with E-state index in [0.29, 0.717) is 11.6 Å². The Morgan fingerprint density at radius 3 is 2.53 bits per heavy atom. The summed E-state index contributed by atoms with van der Waals surface area (Å²) in [4.78, 5) is 23.9. The number of aryl methyl sites for hydroxylation is 1. The van der Waals surface area contributed by atoms with E-state index in [4.69, 9.17) is 19.4 Å². The summed E-state index contributed by atoms with van der Waals surface area (Å²) in [5.41, 5.74) is 0.530. The van der Waals surface area contributed by atoms with Crippen LogP contribution < -0.4 is 5.32 Å². The predicted octanol–water partition coefficient (Wildman–Crippen LogP) is 1.59. The number of amides is 1. The zero-order chi connectivity index (χ0) is 23.4. The van der Waals surface area contributed by atoms with Gasteiger partial charge in [0.1, 0.15) is 0 Å². The van der Waals surface area contributed by atoms with Crippen molar-refractivity contribution in [1.29, 1.82) is 0 Å². The van der Waals surface area contributed by atoms with Gasteiger partial charge in [-0.05, 0) is 32.1 Å². The molecule has 12 heteroatoms. The quantitative estimate of drug-likeness (QED) is 0.703. The van der Waals surface area contributed by atoms with Crippen molar-refractivity contribution in [3.63, 3.8) is 0 Å². The molecular formula is C20H29F3N4O5. The lowest BCUT2D eigenvalue weighted by Crippen LogP contribution is -2.50. The van der Waals surface area contributed by atoms with Crippen LogP contribution in [0.5, 0.6) is 0 Å². The van der Waals surface area contributed by atoms with Gasteiger partial charge in [0.25, 0.3) is 5.91 Å². The number of likely N-dealkylation sites (tertiary alicyclic amines) is 1. The van der Waals surface area contributed by atoms with Crippen LogP contribution in [0.25, 0.3) is 0 Å². The first-order chi connectivity index (χ1) is 15.1. The molecule has 3 aliphatic heterocycles. The third-order valence-corrected chi connectivity index (χ3v) is 6.09. The van der Waals surface area contributed by atoms with Crippen molar-refractivity contribution in [3.8, 4) is 0 Å². The highest BCUT2D eigenvalue weighted by Crippen LogP contribution is 2.36. The van der Waals surface area contributed by atoms with E-state index < -0.39 is 12.1 Å². The van der Waals surface area contributed by atoms with Gasteiger partial charge < -0.3 is 19.9 Å². The number of nitrogens with one attached hydrogen (secondary N) is 1. The van der Waals surface area contributed by atoms with Gasteiger partial charge in [-0.15, -0.1) is 0 Å². The zero-order valence-electron chi connectivity index (χ0n) is 17.9. The third kappa shape index (κ3) is 6.42. The Morgan fingerprint density at radius 1 is 1.25 bits per heavy atom. The SMILES string of the molecule is Cn1cc(C(=O)N[C@H]2CCO[C@]3(CCN(C4CCOCC4)C3)C2)cn1.O=C(O)C(F)(F)F. The van der Waals surface area contributed by atoms with Crippen LogP contribution in [0.15, 0.2) is 12.4 Å². The van der Waals surface area contributed by atoms with Gasteiger partial charge in [-0.1, -0.05) is 0 Å². The summed E-state index contributed by atoms with van der Waals surface area (Å²) in [6.07, 6.45) is 3.38. The number of rotatable bonds is 3. The Kier molecular flexibility index (Phi) is 7.78. The number of carbonyl (C=O) groups is 2. The highest BCUT2D eigenvalue weighted by Gasteiger charge is 2.45. The molecule has 1 spiro atoms. The van der Waals surface area contributed by atoms with Gasteiger partial charge in [0.05, 0.1) is 17.4 Å². The number of aliphatic carboxylic acids is 1. The Morgan fingerprint density at radius 2 is 1.94 bits per heavy atom. The highest BCUT2D eigenvalue weighted by atomic mass is 19.4. The molecule has 3 saturated heterocycles. The van der Waals surface area contributed by atoms with Gasteiger partial charge in [0.15, 0.2) is 0 Å².